The summed E-state index contributed by atoms with van der Waals surface area (Å²) in [5.74, 6) is 1.89. The fraction of sp³-hybridized carbons (Fsp3) is 0.333. The van der Waals surface area contributed by atoms with Crippen molar-refractivity contribution in [2.24, 2.45) is 0 Å². The van der Waals surface area contributed by atoms with Crippen LogP contribution in [0.5, 0.6) is 17.2 Å². The van der Waals surface area contributed by atoms with Gasteiger partial charge >= 0.3 is 0 Å². The van der Waals surface area contributed by atoms with Gasteiger partial charge < -0.3 is 24.4 Å². The average molecular weight is 442 g/mol. The molecule has 1 heterocycles. The van der Waals surface area contributed by atoms with Gasteiger partial charge in [0.25, 0.3) is 0 Å². The lowest BCUT2D eigenvalue weighted by molar-refractivity contribution is 0.324. The maximum Gasteiger partial charge on any atom is 0.203 e. The van der Waals surface area contributed by atoms with Crippen molar-refractivity contribution < 1.29 is 14.2 Å². The Kier molecular flexibility index (Phi) is 7.45. The zero-order valence-electron chi connectivity index (χ0n) is 19.6. The van der Waals surface area contributed by atoms with E-state index < -0.39 is 0 Å². The molecule has 1 saturated heterocycles. The topological polar surface area (TPSA) is 43.0 Å². The molecule has 6 heteroatoms. The van der Waals surface area contributed by atoms with Gasteiger partial charge in [-0.1, -0.05) is 35.8 Å². The largest absolute Gasteiger partial charge is 0.493 e. The number of methoxy groups -OCH3 is 3. The second kappa shape index (κ2) is 10.7. The van der Waals surface area contributed by atoms with Gasteiger partial charge in [-0.05, 0) is 73.0 Å². The van der Waals surface area contributed by atoms with Crippen LogP contribution in [-0.2, 0) is 6.54 Å². The van der Waals surface area contributed by atoms with Crippen molar-refractivity contribution >= 4 is 19.0 Å². The van der Waals surface area contributed by atoms with Crippen molar-refractivity contribution in [3.05, 3.63) is 66.2 Å². The quantitative estimate of drug-likeness (QED) is 0.536. The number of anilines is 1. The number of rotatable bonds is 8. The molecule has 1 aliphatic heterocycles. The van der Waals surface area contributed by atoms with Gasteiger partial charge in [-0.15, -0.1) is 0 Å². The zero-order chi connectivity index (χ0) is 23.2. The molecule has 4 rings (SSSR count). The first kappa shape index (κ1) is 23.1. The molecule has 1 aliphatic rings. The molecule has 1 N–H and O–H groups in total. The second-order valence-corrected chi connectivity index (χ2v) is 8.32. The Bertz CT molecular complexity index is 1040. The first-order chi connectivity index (χ1) is 16.1. The predicted molar refractivity (Wildman–Crippen MR) is 135 cm³/mol. The van der Waals surface area contributed by atoms with Gasteiger partial charge in [-0.3, -0.25) is 0 Å². The molecule has 0 atom stereocenters. The molecule has 0 bridgehead atoms. The number of benzene rings is 3. The lowest BCUT2D eigenvalue weighted by Gasteiger charge is -2.36. The van der Waals surface area contributed by atoms with Crippen LogP contribution in [0.4, 0.5) is 5.69 Å². The molecule has 0 spiro atoms. The van der Waals surface area contributed by atoms with Gasteiger partial charge in [-0.25, -0.2) is 0 Å². The fourth-order valence-corrected chi connectivity index (χ4v) is 4.51. The summed E-state index contributed by atoms with van der Waals surface area (Å²) in [6, 6.07) is 21.3. The summed E-state index contributed by atoms with van der Waals surface area (Å²) in [5, 5.41) is 3.47. The molecule has 0 amide bonds. The zero-order valence-corrected chi connectivity index (χ0v) is 19.6. The molecule has 170 valence electrons. The maximum absolute atomic E-state index is 5.95. The van der Waals surface area contributed by atoms with E-state index in [1.54, 1.807) is 21.3 Å². The highest BCUT2D eigenvalue weighted by molar-refractivity contribution is 6.32. The van der Waals surface area contributed by atoms with Crippen LogP contribution in [0, 0.1) is 0 Å². The van der Waals surface area contributed by atoms with Crippen LogP contribution in [0.15, 0.2) is 60.7 Å². The Morgan fingerprint density at radius 3 is 2.12 bits per heavy atom. The first-order valence-electron chi connectivity index (χ1n) is 11.3. The van der Waals surface area contributed by atoms with E-state index in [0.29, 0.717) is 23.3 Å². The van der Waals surface area contributed by atoms with Gasteiger partial charge in [0.1, 0.15) is 7.85 Å². The lowest BCUT2D eigenvalue weighted by atomic mass is 9.95. The van der Waals surface area contributed by atoms with Crippen molar-refractivity contribution in [2.45, 2.75) is 25.4 Å². The van der Waals surface area contributed by atoms with E-state index >= 15 is 0 Å². The number of ether oxygens (including phenoxy) is 3. The molecule has 3 aromatic rings. The third kappa shape index (κ3) is 5.28. The molecular formula is C27H31BN2O3. The molecule has 0 saturated carbocycles. The number of hydrogen-bond donors (Lipinski definition) is 1. The van der Waals surface area contributed by atoms with E-state index in [2.05, 4.69) is 46.6 Å². The Hall–Kier alpha value is -3.12. The van der Waals surface area contributed by atoms with Gasteiger partial charge in [0, 0.05) is 18.3 Å². The minimum atomic E-state index is 0.486. The monoisotopic (exact) mass is 442 g/mol. The molecule has 0 aromatic heterocycles. The van der Waals surface area contributed by atoms with Crippen LogP contribution in [-0.4, -0.2) is 48.3 Å². The van der Waals surface area contributed by atoms with Crippen molar-refractivity contribution in [2.75, 3.05) is 39.3 Å². The first-order valence-corrected chi connectivity index (χ1v) is 11.3. The van der Waals surface area contributed by atoms with E-state index in [1.807, 2.05) is 24.3 Å². The minimum absolute atomic E-state index is 0.486. The van der Waals surface area contributed by atoms with Crippen LogP contribution in [0.25, 0.3) is 11.1 Å². The smallest absolute Gasteiger partial charge is 0.203 e. The van der Waals surface area contributed by atoms with E-state index in [9.17, 15) is 0 Å². The summed E-state index contributed by atoms with van der Waals surface area (Å²) in [5.41, 5.74) is 5.36. The van der Waals surface area contributed by atoms with E-state index in [0.717, 1.165) is 49.1 Å². The minimum Gasteiger partial charge on any atom is -0.493 e. The van der Waals surface area contributed by atoms with Crippen LogP contribution in [0.3, 0.4) is 0 Å². The SMILES string of the molecule is [B]c1ccc(N(Cc2cccc(-c3cc(OC)c(OC)c(OC)c3)c2)C2CCNCC2)cc1. The molecular weight excluding hydrogens is 411 g/mol. The number of nitrogens with zero attached hydrogens (tertiary/aromatic N) is 1. The predicted octanol–water partition coefficient (Wildman–Crippen LogP) is 3.93. The third-order valence-corrected chi connectivity index (χ3v) is 6.25. The molecule has 2 radical (unpaired) electrons. The Morgan fingerprint density at radius 2 is 1.52 bits per heavy atom. The lowest BCUT2D eigenvalue weighted by Crippen LogP contribution is -2.43. The summed E-state index contributed by atoms with van der Waals surface area (Å²) in [4.78, 5) is 2.51. The normalized spacial score (nSPS) is 14.0. The van der Waals surface area contributed by atoms with E-state index in [4.69, 9.17) is 22.1 Å². The summed E-state index contributed by atoms with van der Waals surface area (Å²) in [6.07, 6.45) is 2.24. The highest BCUT2D eigenvalue weighted by Gasteiger charge is 2.22. The molecule has 5 nitrogen and oxygen atoms in total. The van der Waals surface area contributed by atoms with Crippen LogP contribution in [0.1, 0.15) is 18.4 Å². The van der Waals surface area contributed by atoms with Gasteiger partial charge in [0.2, 0.25) is 5.75 Å². The molecule has 33 heavy (non-hydrogen) atoms. The van der Waals surface area contributed by atoms with Gasteiger partial charge in [0.05, 0.1) is 21.3 Å². The maximum atomic E-state index is 5.95. The Balaban J connectivity index is 1.66. The third-order valence-electron chi connectivity index (χ3n) is 6.25. The summed E-state index contributed by atoms with van der Waals surface area (Å²) >= 11 is 0. The van der Waals surface area contributed by atoms with Crippen LogP contribution >= 0.6 is 0 Å². The summed E-state index contributed by atoms with van der Waals surface area (Å²) in [6.45, 7) is 2.91. The van der Waals surface area contributed by atoms with Crippen molar-refractivity contribution in [3.8, 4) is 28.4 Å². The number of hydrogen-bond acceptors (Lipinski definition) is 5. The highest BCUT2D eigenvalue weighted by atomic mass is 16.5. The van der Waals surface area contributed by atoms with Crippen LogP contribution in [0.2, 0.25) is 0 Å². The molecule has 0 aliphatic carbocycles. The average Bonchev–Trinajstić information content (AvgIpc) is 2.87. The van der Waals surface area contributed by atoms with Gasteiger partial charge in [0.15, 0.2) is 11.5 Å². The van der Waals surface area contributed by atoms with Crippen molar-refractivity contribution in [3.63, 3.8) is 0 Å². The number of piperidine rings is 1. The second-order valence-electron chi connectivity index (χ2n) is 8.32. The van der Waals surface area contributed by atoms with Crippen molar-refractivity contribution in [1.29, 1.82) is 0 Å². The molecule has 1 fully saturated rings. The highest BCUT2D eigenvalue weighted by Crippen LogP contribution is 2.41. The Labute approximate surface area is 198 Å². The van der Waals surface area contributed by atoms with Crippen molar-refractivity contribution in [1.82, 2.24) is 5.32 Å². The molecule has 0 unspecified atom stereocenters. The van der Waals surface area contributed by atoms with Gasteiger partial charge in [-0.2, -0.15) is 0 Å². The summed E-state index contributed by atoms with van der Waals surface area (Å²) < 4.78 is 16.6. The fourth-order valence-electron chi connectivity index (χ4n) is 4.51. The number of nitrogens with one attached hydrogen (secondary N) is 1. The van der Waals surface area contributed by atoms with E-state index in [1.165, 1.54) is 11.3 Å². The molecule has 3 aromatic carbocycles. The Morgan fingerprint density at radius 1 is 0.848 bits per heavy atom. The van der Waals surface area contributed by atoms with E-state index in [-0.39, 0.29) is 0 Å². The summed E-state index contributed by atoms with van der Waals surface area (Å²) in [7, 11) is 10.9. The standard InChI is InChI=1S/C27H31BN2O3/c1-31-25-16-21(17-26(32-2)27(25)33-3)20-6-4-5-19(15-20)18-30(24-11-13-29-14-12-24)23-9-7-22(28)8-10-23/h4-10,15-17,24,29H,11-14,18H2,1-3H3. The van der Waals surface area contributed by atoms with Crippen LogP contribution < -0.4 is 29.9 Å².